The molecular weight excluding hydrogens is 562 g/mol. The molecule has 0 aromatic heterocycles. The van der Waals surface area contributed by atoms with Crippen molar-refractivity contribution in [2.45, 2.75) is 63.5 Å². The fourth-order valence-corrected chi connectivity index (χ4v) is 6.94. The fourth-order valence-electron chi connectivity index (χ4n) is 5.06. The maximum absolute atomic E-state index is 17.0. The molecule has 0 radical (unpaired) electrons. The van der Waals surface area contributed by atoms with E-state index in [1.54, 1.807) is 13.8 Å². The van der Waals surface area contributed by atoms with Crippen molar-refractivity contribution < 1.29 is 42.1 Å². The maximum Gasteiger partial charge on any atom is 0.367 e. The third-order valence-corrected chi connectivity index (χ3v) is 9.22. The van der Waals surface area contributed by atoms with Crippen LogP contribution in [0.2, 0.25) is 0 Å². The molecule has 1 aliphatic heterocycles. The minimum Gasteiger partial charge on any atom is -0.394 e. The second kappa shape index (κ2) is 15.8. The molecule has 0 amide bonds. The zero-order chi connectivity index (χ0) is 29.8. The van der Waals surface area contributed by atoms with Gasteiger partial charge in [-0.1, -0.05) is 91.0 Å². The molecule has 1 heterocycles. The lowest BCUT2D eigenvalue weighted by Crippen LogP contribution is -2.55. The van der Waals surface area contributed by atoms with Crippen LogP contribution in [0, 0.1) is 0 Å². The number of rotatable bonds is 17. The molecule has 3 aromatic rings. The molecule has 42 heavy (non-hydrogen) atoms. The molecular formula is C32H40FO8P. The minimum atomic E-state index is -4.40. The van der Waals surface area contributed by atoms with Crippen LogP contribution in [0.15, 0.2) is 91.0 Å². The predicted molar refractivity (Wildman–Crippen MR) is 157 cm³/mol. The molecule has 10 heteroatoms. The van der Waals surface area contributed by atoms with E-state index < -0.39 is 44.0 Å². The number of halogens is 1. The smallest absolute Gasteiger partial charge is 0.367 e. The van der Waals surface area contributed by atoms with Gasteiger partial charge in [0, 0.05) is 0 Å². The lowest BCUT2D eigenvalue weighted by Gasteiger charge is -2.39. The predicted octanol–water partition coefficient (Wildman–Crippen LogP) is 6.07. The van der Waals surface area contributed by atoms with Gasteiger partial charge in [0.05, 0.1) is 46.2 Å². The number of hydrogen-bond acceptors (Lipinski definition) is 8. The molecule has 1 fully saturated rings. The molecule has 0 aliphatic carbocycles. The first-order chi connectivity index (χ1) is 20.5. The summed E-state index contributed by atoms with van der Waals surface area (Å²) in [6.07, 6.45) is -3.10. The van der Waals surface area contributed by atoms with Crippen LogP contribution in [0.5, 0.6) is 0 Å². The van der Waals surface area contributed by atoms with Gasteiger partial charge in [0.25, 0.3) is 0 Å². The Balaban J connectivity index is 1.72. The molecule has 5 atom stereocenters. The van der Waals surface area contributed by atoms with Crippen LogP contribution in [0.4, 0.5) is 4.39 Å². The van der Waals surface area contributed by atoms with Gasteiger partial charge in [-0.15, -0.1) is 0 Å². The van der Waals surface area contributed by atoms with Crippen LogP contribution in [-0.2, 0) is 52.4 Å². The zero-order valence-electron chi connectivity index (χ0n) is 24.0. The van der Waals surface area contributed by atoms with E-state index in [1.165, 1.54) is 0 Å². The maximum atomic E-state index is 17.0. The Labute approximate surface area is 247 Å². The first-order valence-electron chi connectivity index (χ1n) is 14.2. The van der Waals surface area contributed by atoms with Gasteiger partial charge >= 0.3 is 7.60 Å². The van der Waals surface area contributed by atoms with E-state index in [0.717, 1.165) is 16.7 Å². The van der Waals surface area contributed by atoms with Gasteiger partial charge in [0.15, 0.2) is 5.60 Å². The highest BCUT2D eigenvalue weighted by molar-refractivity contribution is 7.54. The summed E-state index contributed by atoms with van der Waals surface area (Å²) in [5, 5.41) is 10.4. The zero-order valence-corrected chi connectivity index (χ0v) is 24.9. The summed E-state index contributed by atoms with van der Waals surface area (Å²) in [5.74, 6) is -2.32. The quantitative estimate of drug-likeness (QED) is 0.186. The lowest BCUT2D eigenvalue weighted by atomic mass is 9.95. The van der Waals surface area contributed by atoms with Gasteiger partial charge in [-0.25, -0.2) is 4.39 Å². The van der Waals surface area contributed by atoms with Crippen LogP contribution in [-0.4, -0.2) is 61.4 Å². The monoisotopic (exact) mass is 602 g/mol. The molecule has 3 aromatic carbocycles. The van der Waals surface area contributed by atoms with Gasteiger partial charge in [-0.2, -0.15) is 0 Å². The van der Waals surface area contributed by atoms with Crippen molar-refractivity contribution in [3.63, 3.8) is 0 Å². The lowest BCUT2D eigenvalue weighted by molar-refractivity contribution is -0.172. The van der Waals surface area contributed by atoms with Gasteiger partial charge in [-0.05, 0) is 30.5 Å². The van der Waals surface area contributed by atoms with E-state index in [1.807, 2.05) is 91.0 Å². The SMILES string of the molecule is CCOP(=O)(OCC)C(F)[C@@]1(COCc2ccccc2)O[C@H](CO)[C@@H](OCc2ccccc2)[C@@H]1OCc1ccccc1. The summed E-state index contributed by atoms with van der Waals surface area (Å²) < 4.78 is 66.9. The molecule has 0 bridgehead atoms. The first kappa shape index (κ1) is 32.5. The number of alkyl halides is 1. The van der Waals surface area contributed by atoms with Gasteiger partial charge in [0.1, 0.15) is 18.3 Å². The van der Waals surface area contributed by atoms with Crippen molar-refractivity contribution in [1.29, 1.82) is 0 Å². The van der Waals surface area contributed by atoms with E-state index in [4.69, 9.17) is 28.0 Å². The van der Waals surface area contributed by atoms with E-state index in [0.29, 0.717) is 0 Å². The van der Waals surface area contributed by atoms with Crippen molar-refractivity contribution in [2.75, 3.05) is 26.4 Å². The highest BCUT2D eigenvalue weighted by Gasteiger charge is 2.66. The highest BCUT2D eigenvalue weighted by Crippen LogP contribution is 2.60. The number of hydrogen-bond donors (Lipinski definition) is 1. The summed E-state index contributed by atoms with van der Waals surface area (Å²) in [6.45, 7) is 2.63. The van der Waals surface area contributed by atoms with E-state index >= 15 is 4.39 Å². The summed E-state index contributed by atoms with van der Waals surface area (Å²) in [7, 11) is -4.40. The standard InChI is InChI=1S/C32H40FO8P/c1-3-39-42(35,40-4-2)31(33)32(24-36-21-25-14-8-5-9-15-25)30(38-23-27-18-12-7-13-19-27)29(28(20-34)41-32)37-22-26-16-10-6-11-17-26/h5-19,28-31,34H,3-4,20-24H2,1-2H3/t28-,29-,30+,31?,32+/m1/s1. The Morgan fingerprint density at radius 3 is 1.76 bits per heavy atom. The van der Waals surface area contributed by atoms with Crippen LogP contribution >= 0.6 is 7.60 Å². The van der Waals surface area contributed by atoms with Crippen LogP contribution in [0.3, 0.4) is 0 Å². The van der Waals surface area contributed by atoms with Crippen molar-refractivity contribution >= 4 is 7.60 Å². The molecule has 1 N–H and O–H groups in total. The number of aliphatic hydroxyl groups is 1. The van der Waals surface area contributed by atoms with Crippen molar-refractivity contribution in [3.8, 4) is 0 Å². The summed E-state index contributed by atoms with van der Waals surface area (Å²) in [4.78, 5) is 0. The Morgan fingerprint density at radius 1 is 0.810 bits per heavy atom. The van der Waals surface area contributed by atoms with Gasteiger partial charge < -0.3 is 33.1 Å². The van der Waals surface area contributed by atoms with Gasteiger partial charge in [-0.3, -0.25) is 4.57 Å². The molecule has 0 saturated carbocycles. The van der Waals surface area contributed by atoms with Crippen LogP contribution < -0.4 is 0 Å². The second-order valence-electron chi connectivity index (χ2n) is 9.96. The summed E-state index contributed by atoms with van der Waals surface area (Å²) in [5.41, 5.74) is 0.563. The molecule has 4 rings (SSSR count). The third kappa shape index (κ3) is 7.92. The van der Waals surface area contributed by atoms with Crippen molar-refractivity contribution in [3.05, 3.63) is 108 Å². The third-order valence-electron chi connectivity index (χ3n) is 6.99. The van der Waals surface area contributed by atoms with Gasteiger partial charge in [0.2, 0.25) is 5.91 Å². The fraction of sp³-hybridized carbons (Fsp3) is 0.438. The minimum absolute atomic E-state index is 0.0500. The van der Waals surface area contributed by atoms with Crippen molar-refractivity contribution in [2.24, 2.45) is 0 Å². The highest BCUT2D eigenvalue weighted by atomic mass is 31.2. The average Bonchev–Trinajstić information content (AvgIpc) is 3.33. The van der Waals surface area contributed by atoms with E-state index in [-0.39, 0.29) is 39.6 Å². The van der Waals surface area contributed by atoms with Crippen molar-refractivity contribution in [1.82, 2.24) is 0 Å². The Hall–Kier alpha value is -2.46. The molecule has 0 spiro atoms. The second-order valence-corrected chi connectivity index (χ2v) is 12.0. The summed E-state index contributed by atoms with van der Waals surface area (Å²) in [6, 6.07) is 28.2. The molecule has 1 aliphatic rings. The first-order valence-corrected chi connectivity index (χ1v) is 15.8. The topological polar surface area (TPSA) is 92.7 Å². The molecule has 8 nitrogen and oxygen atoms in total. The number of benzene rings is 3. The number of aliphatic hydroxyl groups excluding tert-OH is 1. The molecule has 1 unspecified atom stereocenters. The largest absolute Gasteiger partial charge is 0.394 e. The van der Waals surface area contributed by atoms with Crippen LogP contribution in [0.25, 0.3) is 0 Å². The Bertz CT molecular complexity index is 1230. The Kier molecular flexibility index (Phi) is 12.2. The molecule has 1 saturated heterocycles. The Morgan fingerprint density at radius 2 is 1.29 bits per heavy atom. The summed E-state index contributed by atoms with van der Waals surface area (Å²) >= 11 is 0. The van der Waals surface area contributed by atoms with Crippen LogP contribution in [0.1, 0.15) is 30.5 Å². The van der Waals surface area contributed by atoms with E-state index in [9.17, 15) is 9.67 Å². The number of ether oxygens (including phenoxy) is 4. The normalized spacial score (nSPS) is 23.2. The molecule has 228 valence electrons. The van der Waals surface area contributed by atoms with E-state index in [2.05, 4.69) is 0 Å². The average molecular weight is 603 g/mol.